The second-order valence-corrected chi connectivity index (χ2v) is 5.11. The number of hydrogen-bond acceptors (Lipinski definition) is 6. The first-order valence-corrected chi connectivity index (χ1v) is 7.10. The van der Waals surface area contributed by atoms with Crippen LogP contribution in [0.4, 0.5) is 0 Å². The highest BCUT2D eigenvalue weighted by molar-refractivity contribution is 6.30. The van der Waals surface area contributed by atoms with Crippen LogP contribution in [0.2, 0.25) is 0 Å². The van der Waals surface area contributed by atoms with Crippen LogP contribution < -0.4 is 9.47 Å². The standard InChI is InChI=1S/C18H14O6/c1-22-12-8-11-13(17(23-2)14(12)18(21)24-3)16(20)10-7-5-4-6-9(10)15(11)19/h4-8H,1-3H3. The molecule has 0 aromatic heterocycles. The molecule has 2 aromatic carbocycles. The monoisotopic (exact) mass is 326 g/mol. The molecule has 0 saturated carbocycles. The van der Waals surface area contributed by atoms with Crippen molar-refractivity contribution >= 4 is 17.5 Å². The summed E-state index contributed by atoms with van der Waals surface area (Å²) in [6.45, 7) is 0. The molecule has 6 heteroatoms. The van der Waals surface area contributed by atoms with Gasteiger partial charge in [-0.15, -0.1) is 0 Å². The smallest absolute Gasteiger partial charge is 0.345 e. The Morgan fingerprint density at radius 2 is 1.50 bits per heavy atom. The van der Waals surface area contributed by atoms with Gasteiger partial charge >= 0.3 is 5.97 Å². The van der Waals surface area contributed by atoms with Crippen molar-refractivity contribution in [2.24, 2.45) is 0 Å². The Morgan fingerprint density at radius 3 is 2.04 bits per heavy atom. The molecular formula is C18H14O6. The van der Waals surface area contributed by atoms with Crippen molar-refractivity contribution in [2.75, 3.05) is 21.3 Å². The average molecular weight is 326 g/mol. The highest BCUT2D eigenvalue weighted by Gasteiger charge is 2.36. The molecule has 0 amide bonds. The first-order chi connectivity index (χ1) is 11.5. The molecule has 6 nitrogen and oxygen atoms in total. The minimum absolute atomic E-state index is 0.0240. The summed E-state index contributed by atoms with van der Waals surface area (Å²) < 4.78 is 15.2. The Morgan fingerprint density at radius 1 is 0.875 bits per heavy atom. The van der Waals surface area contributed by atoms with E-state index < -0.39 is 5.97 Å². The van der Waals surface area contributed by atoms with Gasteiger partial charge in [0.1, 0.15) is 17.1 Å². The molecule has 0 atom stereocenters. The van der Waals surface area contributed by atoms with Crippen LogP contribution in [0, 0.1) is 0 Å². The third kappa shape index (κ3) is 2.07. The largest absolute Gasteiger partial charge is 0.496 e. The molecule has 0 bridgehead atoms. The van der Waals surface area contributed by atoms with Gasteiger partial charge in [-0.05, 0) is 6.07 Å². The number of fused-ring (bicyclic) bond motifs is 2. The second-order valence-electron chi connectivity index (χ2n) is 5.11. The Kier molecular flexibility index (Phi) is 3.81. The Balaban J connectivity index is 2.39. The fourth-order valence-electron chi connectivity index (χ4n) is 2.86. The van der Waals surface area contributed by atoms with Crippen molar-refractivity contribution in [1.82, 2.24) is 0 Å². The molecule has 0 radical (unpaired) electrons. The summed E-state index contributed by atoms with van der Waals surface area (Å²) in [5.41, 5.74) is 0.739. The van der Waals surface area contributed by atoms with Crippen LogP contribution in [0.25, 0.3) is 0 Å². The molecule has 0 fully saturated rings. The Hall–Kier alpha value is -3.15. The number of benzene rings is 2. The van der Waals surface area contributed by atoms with Crippen molar-refractivity contribution in [3.05, 3.63) is 58.1 Å². The zero-order valence-corrected chi connectivity index (χ0v) is 13.3. The maximum absolute atomic E-state index is 12.9. The van der Waals surface area contributed by atoms with Crippen LogP contribution in [0.5, 0.6) is 11.5 Å². The third-order valence-corrected chi connectivity index (χ3v) is 3.95. The van der Waals surface area contributed by atoms with E-state index in [4.69, 9.17) is 14.2 Å². The van der Waals surface area contributed by atoms with Gasteiger partial charge in [-0.3, -0.25) is 9.59 Å². The molecule has 0 aliphatic heterocycles. The second kappa shape index (κ2) is 5.81. The van der Waals surface area contributed by atoms with Gasteiger partial charge in [0.2, 0.25) is 0 Å². The molecule has 1 aliphatic carbocycles. The van der Waals surface area contributed by atoms with Crippen LogP contribution >= 0.6 is 0 Å². The minimum atomic E-state index is -0.717. The number of ether oxygens (including phenoxy) is 3. The summed E-state index contributed by atoms with van der Waals surface area (Å²) in [4.78, 5) is 37.7. The Bertz CT molecular complexity index is 881. The van der Waals surface area contributed by atoms with Gasteiger partial charge < -0.3 is 14.2 Å². The number of carbonyl (C=O) groups is 3. The normalized spacial score (nSPS) is 12.3. The van der Waals surface area contributed by atoms with E-state index in [2.05, 4.69) is 0 Å². The van der Waals surface area contributed by atoms with Gasteiger partial charge in [0.05, 0.1) is 26.9 Å². The molecule has 2 aromatic rings. The highest BCUT2D eigenvalue weighted by atomic mass is 16.5. The van der Waals surface area contributed by atoms with Gasteiger partial charge in [0.15, 0.2) is 11.6 Å². The zero-order chi connectivity index (χ0) is 17.4. The quantitative estimate of drug-likeness (QED) is 0.687. The van der Waals surface area contributed by atoms with Gasteiger partial charge in [-0.2, -0.15) is 0 Å². The lowest BCUT2D eigenvalue weighted by atomic mass is 9.82. The Labute approximate surface area is 137 Å². The van der Waals surface area contributed by atoms with Crippen LogP contribution in [-0.2, 0) is 4.74 Å². The van der Waals surface area contributed by atoms with Crippen LogP contribution in [0.15, 0.2) is 30.3 Å². The van der Waals surface area contributed by atoms with Crippen molar-refractivity contribution in [3.8, 4) is 11.5 Å². The summed E-state index contributed by atoms with van der Waals surface area (Å²) in [6.07, 6.45) is 0. The maximum Gasteiger partial charge on any atom is 0.345 e. The predicted molar refractivity (Wildman–Crippen MR) is 84.2 cm³/mol. The molecule has 3 rings (SSSR count). The van der Waals surface area contributed by atoms with Gasteiger partial charge in [-0.1, -0.05) is 24.3 Å². The van der Waals surface area contributed by atoms with E-state index >= 15 is 0 Å². The topological polar surface area (TPSA) is 78.9 Å². The molecular weight excluding hydrogens is 312 g/mol. The number of rotatable bonds is 3. The number of methoxy groups -OCH3 is 3. The van der Waals surface area contributed by atoms with Gasteiger partial charge in [0, 0.05) is 16.7 Å². The first kappa shape index (κ1) is 15.7. The van der Waals surface area contributed by atoms with Crippen LogP contribution in [-0.4, -0.2) is 38.9 Å². The number of carbonyl (C=O) groups excluding carboxylic acids is 3. The highest BCUT2D eigenvalue weighted by Crippen LogP contribution is 2.40. The summed E-state index contributed by atoms with van der Waals surface area (Å²) in [6, 6.07) is 7.89. The predicted octanol–water partition coefficient (Wildman–Crippen LogP) is 2.27. The minimum Gasteiger partial charge on any atom is -0.496 e. The maximum atomic E-state index is 12.9. The molecule has 0 spiro atoms. The summed E-state index contributed by atoms with van der Waals surface area (Å²) in [5.74, 6) is -1.34. The third-order valence-electron chi connectivity index (χ3n) is 3.95. The SMILES string of the molecule is COC(=O)c1c(OC)cc2c(c1OC)C(=O)c1ccccc1C2=O. The van der Waals surface area contributed by atoms with Crippen LogP contribution in [0.3, 0.4) is 0 Å². The molecule has 24 heavy (non-hydrogen) atoms. The number of ketones is 2. The van der Waals surface area contributed by atoms with E-state index in [1.807, 2.05) is 0 Å². The molecule has 0 saturated heterocycles. The van der Waals surface area contributed by atoms with Crippen molar-refractivity contribution < 1.29 is 28.6 Å². The lowest BCUT2D eigenvalue weighted by Gasteiger charge is -2.22. The van der Waals surface area contributed by atoms with Crippen molar-refractivity contribution in [2.45, 2.75) is 0 Å². The molecule has 122 valence electrons. The zero-order valence-electron chi connectivity index (χ0n) is 13.3. The van der Waals surface area contributed by atoms with E-state index in [0.29, 0.717) is 5.56 Å². The number of esters is 1. The molecule has 0 unspecified atom stereocenters. The molecule has 0 heterocycles. The van der Waals surface area contributed by atoms with Crippen molar-refractivity contribution in [1.29, 1.82) is 0 Å². The van der Waals surface area contributed by atoms with E-state index in [9.17, 15) is 14.4 Å². The fraction of sp³-hybridized carbons (Fsp3) is 0.167. The fourth-order valence-corrected chi connectivity index (χ4v) is 2.86. The van der Waals surface area contributed by atoms with Crippen molar-refractivity contribution in [3.63, 3.8) is 0 Å². The van der Waals surface area contributed by atoms with E-state index in [0.717, 1.165) is 0 Å². The molecule has 1 aliphatic rings. The van der Waals surface area contributed by atoms with E-state index in [1.54, 1.807) is 24.3 Å². The lowest BCUT2D eigenvalue weighted by Crippen LogP contribution is -2.23. The van der Waals surface area contributed by atoms with E-state index in [1.165, 1.54) is 27.4 Å². The summed E-state index contributed by atoms with van der Waals surface area (Å²) >= 11 is 0. The van der Waals surface area contributed by atoms with E-state index in [-0.39, 0.29) is 45.3 Å². The summed E-state index contributed by atoms with van der Waals surface area (Å²) in [7, 11) is 3.89. The van der Waals surface area contributed by atoms with Gasteiger partial charge in [0.25, 0.3) is 0 Å². The molecule has 0 N–H and O–H groups in total. The lowest BCUT2D eigenvalue weighted by molar-refractivity contribution is 0.0592. The average Bonchev–Trinajstić information content (AvgIpc) is 2.63. The number of hydrogen-bond donors (Lipinski definition) is 0. The first-order valence-electron chi connectivity index (χ1n) is 7.10. The van der Waals surface area contributed by atoms with Gasteiger partial charge in [-0.25, -0.2) is 4.79 Å². The summed E-state index contributed by atoms with van der Waals surface area (Å²) in [5, 5.41) is 0. The van der Waals surface area contributed by atoms with Crippen LogP contribution in [0.1, 0.15) is 42.2 Å².